The number of unbranched alkanes of at least 4 members (excludes halogenated alkanes) is 5. The predicted octanol–water partition coefficient (Wildman–Crippen LogP) is 1.51. The van der Waals surface area contributed by atoms with Crippen LogP contribution in [0.2, 0.25) is 0 Å². The average molecular weight is 192 g/mol. The van der Waals surface area contributed by atoms with E-state index in [-0.39, 0.29) is 0 Å². The Morgan fingerprint density at radius 3 is 2.33 bits per heavy atom. The van der Waals surface area contributed by atoms with Crippen molar-refractivity contribution < 1.29 is 14.5 Å². The van der Waals surface area contributed by atoms with Crippen LogP contribution in [-0.4, -0.2) is 17.1 Å². The molecule has 0 unspecified atom stereocenters. The highest BCUT2D eigenvalue weighted by atomic mass is 28.2. The molecule has 12 heavy (non-hydrogen) atoms. The molecule has 0 aliphatic heterocycles. The quantitative estimate of drug-likeness (QED) is 0.240. The van der Waals surface area contributed by atoms with E-state index >= 15 is 0 Å². The smallest absolute Gasteiger partial charge is 0.197 e. The summed E-state index contributed by atoms with van der Waals surface area (Å²) in [6, 6.07) is 0. The lowest BCUT2D eigenvalue weighted by molar-refractivity contribution is -0.467. The van der Waals surface area contributed by atoms with Crippen molar-refractivity contribution in [3.8, 4) is 0 Å². The Labute approximate surface area is 77.8 Å². The van der Waals surface area contributed by atoms with Gasteiger partial charge in [0.2, 0.25) is 0 Å². The van der Waals surface area contributed by atoms with Crippen molar-refractivity contribution in [3.05, 3.63) is 0 Å². The van der Waals surface area contributed by atoms with Crippen LogP contribution in [0, 0.1) is 0 Å². The standard InChI is InChI=1S/C8H20O3Si/c1-2-3-4-5-6-7-8-9-10-11-12/h2-8H2,1,12H3. The molecular formula is C8H20O3Si. The molecule has 0 fully saturated rings. The summed E-state index contributed by atoms with van der Waals surface area (Å²) in [7, 11) is 0.562. The molecule has 0 aromatic rings. The molecule has 0 N–H and O–H groups in total. The summed E-state index contributed by atoms with van der Waals surface area (Å²) in [6.07, 6.45) is 7.58. The summed E-state index contributed by atoms with van der Waals surface area (Å²) < 4.78 is 4.40. The largest absolute Gasteiger partial charge is 0.269 e. The van der Waals surface area contributed by atoms with Crippen LogP contribution in [0.4, 0.5) is 0 Å². The third kappa shape index (κ3) is 10.1. The van der Waals surface area contributed by atoms with Gasteiger partial charge in [-0.3, -0.25) is 4.58 Å². The van der Waals surface area contributed by atoms with Crippen LogP contribution < -0.4 is 0 Å². The second kappa shape index (κ2) is 11.1. The summed E-state index contributed by atoms with van der Waals surface area (Å²) in [5.74, 6) is 0. The summed E-state index contributed by atoms with van der Waals surface area (Å²) in [5, 5.41) is 4.32. The average Bonchev–Trinajstić information content (AvgIpc) is 2.10. The maximum atomic E-state index is 4.70. The normalized spacial score (nSPS) is 10.8. The van der Waals surface area contributed by atoms with Crippen LogP contribution in [-0.2, 0) is 14.5 Å². The van der Waals surface area contributed by atoms with Gasteiger partial charge in [0.1, 0.15) is 0 Å². The Kier molecular flexibility index (Phi) is 11.2. The number of rotatable bonds is 9. The van der Waals surface area contributed by atoms with Crippen molar-refractivity contribution in [1.82, 2.24) is 0 Å². The molecule has 0 saturated carbocycles. The lowest BCUT2D eigenvalue weighted by Gasteiger charge is -2.00. The fraction of sp³-hybridized carbons (Fsp3) is 1.00. The van der Waals surface area contributed by atoms with E-state index < -0.39 is 0 Å². The first-order chi connectivity index (χ1) is 5.91. The fourth-order valence-electron chi connectivity index (χ4n) is 1.02. The van der Waals surface area contributed by atoms with Crippen molar-refractivity contribution in [2.24, 2.45) is 0 Å². The van der Waals surface area contributed by atoms with Gasteiger partial charge in [0.05, 0.1) is 6.61 Å². The molecule has 0 aromatic carbocycles. The Morgan fingerprint density at radius 2 is 1.67 bits per heavy atom. The molecule has 4 heteroatoms. The number of hydrogen-bond donors (Lipinski definition) is 0. The molecule has 0 heterocycles. The molecule has 0 radical (unpaired) electrons. The third-order valence-corrected chi connectivity index (χ3v) is 1.83. The lowest BCUT2D eigenvalue weighted by atomic mass is 10.1. The Balaban J connectivity index is 2.73. The maximum Gasteiger partial charge on any atom is 0.197 e. The van der Waals surface area contributed by atoms with E-state index in [4.69, 9.17) is 4.89 Å². The minimum Gasteiger partial charge on any atom is -0.269 e. The Morgan fingerprint density at radius 1 is 1.00 bits per heavy atom. The van der Waals surface area contributed by atoms with E-state index in [0.717, 1.165) is 6.42 Å². The van der Waals surface area contributed by atoms with E-state index in [9.17, 15) is 0 Å². The molecule has 3 nitrogen and oxygen atoms in total. The Hall–Kier alpha value is 0.0969. The van der Waals surface area contributed by atoms with Gasteiger partial charge in [-0.15, -0.1) is 0 Å². The zero-order valence-electron chi connectivity index (χ0n) is 8.17. The zero-order valence-corrected chi connectivity index (χ0v) is 10.2. The highest BCUT2D eigenvalue weighted by Crippen LogP contribution is 2.04. The van der Waals surface area contributed by atoms with Crippen molar-refractivity contribution >= 4 is 10.5 Å². The first-order valence-electron chi connectivity index (χ1n) is 4.74. The van der Waals surface area contributed by atoms with Crippen LogP contribution in [0.3, 0.4) is 0 Å². The van der Waals surface area contributed by atoms with Crippen molar-refractivity contribution in [3.63, 3.8) is 0 Å². The van der Waals surface area contributed by atoms with Crippen LogP contribution in [0.1, 0.15) is 45.4 Å². The SMILES string of the molecule is CCCCCCCCOOO[SiH3]. The van der Waals surface area contributed by atoms with Crippen LogP contribution in [0.15, 0.2) is 0 Å². The Bertz CT molecular complexity index is 70.7. The topological polar surface area (TPSA) is 27.7 Å². The van der Waals surface area contributed by atoms with E-state index in [2.05, 4.69) is 16.5 Å². The van der Waals surface area contributed by atoms with Gasteiger partial charge >= 0.3 is 0 Å². The highest BCUT2D eigenvalue weighted by molar-refractivity contribution is 5.97. The van der Waals surface area contributed by atoms with Gasteiger partial charge in [0.15, 0.2) is 10.5 Å². The van der Waals surface area contributed by atoms with E-state index in [1.54, 1.807) is 0 Å². The summed E-state index contributed by atoms with van der Waals surface area (Å²) in [6.45, 7) is 2.87. The third-order valence-electron chi connectivity index (χ3n) is 1.70. The van der Waals surface area contributed by atoms with Crippen LogP contribution in [0.5, 0.6) is 0 Å². The molecule has 0 aliphatic carbocycles. The first kappa shape index (κ1) is 12.1. The monoisotopic (exact) mass is 192 g/mol. The molecule has 0 saturated heterocycles. The van der Waals surface area contributed by atoms with Crippen LogP contribution >= 0.6 is 0 Å². The summed E-state index contributed by atoms with van der Waals surface area (Å²) >= 11 is 0. The van der Waals surface area contributed by atoms with Gasteiger partial charge in [-0.1, -0.05) is 44.1 Å². The molecule has 0 spiro atoms. The van der Waals surface area contributed by atoms with Gasteiger partial charge in [-0.05, 0) is 6.42 Å². The minimum atomic E-state index is 0.562. The molecule has 0 amide bonds. The molecule has 0 atom stereocenters. The fourth-order valence-corrected chi connectivity index (χ4v) is 1.12. The number of hydrogen-bond acceptors (Lipinski definition) is 3. The second-order valence-electron chi connectivity index (χ2n) is 2.82. The predicted molar refractivity (Wildman–Crippen MR) is 51.4 cm³/mol. The molecule has 0 bridgehead atoms. The van der Waals surface area contributed by atoms with Gasteiger partial charge < -0.3 is 0 Å². The second-order valence-corrected chi connectivity index (χ2v) is 3.16. The zero-order chi connectivity index (χ0) is 9.07. The van der Waals surface area contributed by atoms with E-state index in [1.807, 2.05) is 0 Å². The first-order valence-corrected chi connectivity index (χ1v) is 5.55. The summed E-state index contributed by atoms with van der Waals surface area (Å²) in [4.78, 5) is 4.70. The molecule has 0 aromatic heterocycles. The van der Waals surface area contributed by atoms with Crippen molar-refractivity contribution in [2.75, 3.05) is 6.61 Å². The molecule has 0 aliphatic rings. The molecular weight excluding hydrogens is 172 g/mol. The maximum absolute atomic E-state index is 4.70. The highest BCUT2D eigenvalue weighted by Gasteiger charge is 1.90. The van der Waals surface area contributed by atoms with Gasteiger partial charge in [0.25, 0.3) is 0 Å². The summed E-state index contributed by atoms with van der Waals surface area (Å²) in [5.41, 5.74) is 0. The van der Waals surface area contributed by atoms with Crippen molar-refractivity contribution in [2.45, 2.75) is 45.4 Å². The molecule has 0 rings (SSSR count). The van der Waals surface area contributed by atoms with Gasteiger partial charge in [-0.25, -0.2) is 4.89 Å². The van der Waals surface area contributed by atoms with Crippen molar-refractivity contribution in [1.29, 1.82) is 0 Å². The van der Waals surface area contributed by atoms with Crippen LogP contribution in [0.25, 0.3) is 0 Å². The lowest BCUT2D eigenvalue weighted by Crippen LogP contribution is -1.96. The minimum absolute atomic E-state index is 0.562. The molecule has 74 valence electrons. The van der Waals surface area contributed by atoms with E-state index in [0.29, 0.717) is 17.1 Å². The van der Waals surface area contributed by atoms with Gasteiger partial charge in [0, 0.05) is 0 Å². The van der Waals surface area contributed by atoms with Gasteiger partial charge in [-0.2, -0.15) is 0 Å². The van der Waals surface area contributed by atoms with E-state index in [1.165, 1.54) is 32.1 Å².